The van der Waals surface area contributed by atoms with Gasteiger partial charge in [-0.25, -0.2) is 0 Å². The number of hydrogen-bond donors (Lipinski definition) is 1. The normalized spacial score (nSPS) is 31.7. The summed E-state index contributed by atoms with van der Waals surface area (Å²) in [5.41, 5.74) is 0. The molecule has 0 aliphatic carbocycles. The number of piperidine rings is 1. The van der Waals surface area contributed by atoms with Crippen LogP contribution < -0.4 is 5.32 Å². The summed E-state index contributed by atoms with van der Waals surface area (Å²) in [7, 11) is 2.08. The molecule has 1 aliphatic rings. The van der Waals surface area contributed by atoms with Crippen molar-refractivity contribution in [2.24, 2.45) is 0 Å². The van der Waals surface area contributed by atoms with E-state index >= 15 is 0 Å². The maximum atomic E-state index is 3.39. The summed E-state index contributed by atoms with van der Waals surface area (Å²) in [6.45, 7) is 7.19. The monoisotopic (exact) mass is 216 g/mol. The van der Waals surface area contributed by atoms with Crippen LogP contribution in [0.1, 0.15) is 26.7 Å². The molecule has 3 unspecified atom stereocenters. The van der Waals surface area contributed by atoms with Crippen LogP contribution in [0.5, 0.6) is 0 Å². The highest BCUT2D eigenvalue weighted by atomic mass is 32.2. The van der Waals surface area contributed by atoms with Gasteiger partial charge in [-0.05, 0) is 39.6 Å². The first-order valence-electron chi connectivity index (χ1n) is 5.61. The Kier molecular flexibility index (Phi) is 5.28. The summed E-state index contributed by atoms with van der Waals surface area (Å²) < 4.78 is 0. The Hall–Kier alpha value is 0.270. The molecule has 1 aliphatic heterocycles. The van der Waals surface area contributed by atoms with Gasteiger partial charge >= 0.3 is 0 Å². The lowest BCUT2D eigenvalue weighted by molar-refractivity contribution is 0.141. The van der Waals surface area contributed by atoms with Crippen LogP contribution in [-0.4, -0.2) is 48.6 Å². The molecular formula is C11H24N2S. The van der Waals surface area contributed by atoms with Crippen LogP contribution in [0.3, 0.4) is 0 Å². The predicted octanol–water partition coefficient (Wildman–Crippen LogP) is 1.81. The van der Waals surface area contributed by atoms with E-state index < -0.39 is 0 Å². The quantitative estimate of drug-likeness (QED) is 0.771. The van der Waals surface area contributed by atoms with E-state index in [1.165, 1.54) is 25.9 Å². The van der Waals surface area contributed by atoms with Crippen LogP contribution in [-0.2, 0) is 0 Å². The highest BCUT2D eigenvalue weighted by Gasteiger charge is 2.24. The minimum atomic E-state index is 0.742. The van der Waals surface area contributed by atoms with Crippen molar-refractivity contribution in [3.05, 3.63) is 0 Å². The Morgan fingerprint density at radius 2 is 2.29 bits per heavy atom. The first-order valence-corrected chi connectivity index (χ1v) is 6.90. The van der Waals surface area contributed by atoms with Gasteiger partial charge in [0, 0.05) is 23.9 Å². The van der Waals surface area contributed by atoms with E-state index in [1.54, 1.807) is 0 Å². The predicted molar refractivity (Wildman–Crippen MR) is 66.1 cm³/mol. The third-order valence-electron chi connectivity index (χ3n) is 3.32. The molecule has 84 valence electrons. The molecule has 0 amide bonds. The van der Waals surface area contributed by atoms with Crippen molar-refractivity contribution in [2.45, 2.75) is 44.0 Å². The van der Waals surface area contributed by atoms with Crippen molar-refractivity contribution in [2.75, 3.05) is 26.4 Å². The van der Waals surface area contributed by atoms with Crippen LogP contribution >= 0.6 is 11.8 Å². The van der Waals surface area contributed by atoms with Crippen molar-refractivity contribution in [1.82, 2.24) is 10.2 Å². The van der Waals surface area contributed by atoms with Gasteiger partial charge in [0.25, 0.3) is 0 Å². The molecule has 1 saturated heterocycles. The van der Waals surface area contributed by atoms with Crippen LogP contribution in [0.2, 0.25) is 0 Å². The largest absolute Gasteiger partial charge is 0.317 e. The molecule has 14 heavy (non-hydrogen) atoms. The number of nitrogens with one attached hydrogen (secondary N) is 1. The lowest BCUT2D eigenvalue weighted by Gasteiger charge is -2.38. The molecule has 0 bridgehead atoms. The Balaban J connectivity index is 2.34. The van der Waals surface area contributed by atoms with E-state index in [0.717, 1.165) is 17.3 Å². The van der Waals surface area contributed by atoms with Crippen molar-refractivity contribution in [3.8, 4) is 0 Å². The minimum absolute atomic E-state index is 0.742. The molecule has 0 aromatic carbocycles. The smallest absolute Gasteiger partial charge is 0.0144 e. The average molecular weight is 216 g/mol. The Bertz CT molecular complexity index is 163. The fourth-order valence-corrected chi connectivity index (χ4v) is 2.50. The van der Waals surface area contributed by atoms with Crippen LogP contribution in [0.4, 0.5) is 0 Å². The van der Waals surface area contributed by atoms with Gasteiger partial charge in [-0.15, -0.1) is 0 Å². The number of likely N-dealkylation sites (tertiary alicyclic amines) is 1. The minimum Gasteiger partial charge on any atom is -0.317 e. The van der Waals surface area contributed by atoms with Crippen molar-refractivity contribution < 1.29 is 0 Å². The van der Waals surface area contributed by atoms with Crippen molar-refractivity contribution in [3.63, 3.8) is 0 Å². The van der Waals surface area contributed by atoms with Gasteiger partial charge in [-0.1, -0.05) is 6.92 Å². The first kappa shape index (κ1) is 12.3. The van der Waals surface area contributed by atoms with Gasteiger partial charge in [0.05, 0.1) is 0 Å². The van der Waals surface area contributed by atoms with E-state index in [-0.39, 0.29) is 0 Å². The zero-order valence-electron chi connectivity index (χ0n) is 9.92. The zero-order valence-corrected chi connectivity index (χ0v) is 10.7. The second-order valence-corrected chi connectivity index (χ2v) is 5.68. The van der Waals surface area contributed by atoms with Crippen molar-refractivity contribution in [1.29, 1.82) is 0 Å². The van der Waals surface area contributed by atoms with Gasteiger partial charge < -0.3 is 5.32 Å². The maximum absolute atomic E-state index is 3.39. The standard InChI is InChI=1S/C11H24N2S/c1-9-7-11(12-3)5-6-13(9)8-10(2)14-4/h9-12H,5-8H2,1-4H3. The summed E-state index contributed by atoms with van der Waals surface area (Å²) in [5, 5.41) is 4.16. The molecule has 2 nitrogen and oxygen atoms in total. The molecule has 0 saturated carbocycles. The maximum Gasteiger partial charge on any atom is 0.0144 e. The third-order valence-corrected chi connectivity index (χ3v) is 4.27. The van der Waals surface area contributed by atoms with Crippen LogP contribution in [0.15, 0.2) is 0 Å². The molecule has 1 N–H and O–H groups in total. The average Bonchev–Trinajstić information content (AvgIpc) is 2.20. The van der Waals surface area contributed by atoms with E-state index in [0.29, 0.717) is 0 Å². The molecule has 3 heteroatoms. The molecule has 1 rings (SSSR count). The first-order chi connectivity index (χ1) is 6.67. The molecule has 3 atom stereocenters. The number of hydrogen-bond acceptors (Lipinski definition) is 3. The summed E-state index contributed by atoms with van der Waals surface area (Å²) in [4.78, 5) is 2.63. The van der Waals surface area contributed by atoms with Gasteiger partial charge in [0.15, 0.2) is 0 Å². The third kappa shape index (κ3) is 3.44. The van der Waals surface area contributed by atoms with Crippen LogP contribution in [0, 0.1) is 0 Å². The van der Waals surface area contributed by atoms with Gasteiger partial charge in [-0.2, -0.15) is 11.8 Å². The van der Waals surface area contributed by atoms with E-state index in [1.807, 2.05) is 11.8 Å². The van der Waals surface area contributed by atoms with E-state index in [9.17, 15) is 0 Å². The molecule has 0 aromatic heterocycles. The van der Waals surface area contributed by atoms with Crippen LogP contribution in [0.25, 0.3) is 0 Å². The van der Waals surface area contributed by atoms with E-state index in [2.05, 4.69) is 37.4 Å². The fourth-order valence-electron chi connectivity index (χ4n) is 2.16. The SMILES string of the molecule is CNC1CCN(CC(C)SC)C(C)C1. The molecule has 1 heterocycles. The topological polar surface area (TPSA) is 15.3 Å². The number of thioether (sulfide) groups is 1. The fraction of sp³-hybridized carbons (Fsp3) is 1.00. The number of rotatable bonds is 4. The lowest BCUT2D eigenvalue weighted by atomic mass is 9.98. The summed E-state index contributed by atoms with van der Waals surface area (Å²) in [6, 6.07) is 1.49. The summed E-state index contributed by atoms with van der Waals surface area (Å²) in [5.74, 6) is 0. The Morgan fingerprint density at radius 1 is 1.57 bits per heavy atom. The Morgan fingerprint density at radius 3 is 2.79 bits per heavy atom. The second-order valence-electron chi connectivity index (χ2n) is 4.40. The number of nitrogens with zero attached hydrogens (tertiary/aromatic N) is 1. The van der Waals surface area contributed by atoms with Gasteiger partial charge in [-0.3, -0.25) is 4.90 Å². The zero-order chi connectivity index (χ0) is 10.6. The molecular weight excluding hydrogens is 192 g/mol. The Labute approximate surface area is 92.8 Å². The summed E-state index contributed by atoms with van der Waals surface area (Å²) in [6.07, 6.45) is 4.81. The highest BCUT2D eigenvalue weighted by molar-refractivity contribution is 7.99. The second kappa shape index (κ2) is 5.99. The summed E-state index contributed by atoms with van der Waals surface area (Å²) >= 11 is 1.97. The van der Waals surface area contributed by atoms with Gasteiger partial charge in [0.1, 0.15) is 0 Å². The molecule has 0 aromatic rings. The van der Waals surface area contributed by atoms with E-state index in [4.69, 9.17) is 0 Å². The van der Waals surface area contributed by atoms with Crippen molar-refractivity contribution >= 4 is 11.8 Å². The molecule has 0 radical (unpaired) electrons. The highest BCUT2D eigenvalue weighted by Crippen LogP contribution is 2.19. The lowest BCUT2D eigenvalue weighted by Crippen LogP contribution is -2.48. The molecule has 1 fully saturated rings. The molecule has 0 spiro atoms. The van der Waals surface area contributed by atoms with Gasteiger partial charge in [0.2, 0.25) is 0 Å².